The van der Waals surface area contributed by atoms with Gasteiger partial charge in [-0.15, -0.1) is 0 Å². The van der Waals surface area contributed by atoms with Gasteiger partial charge in [-0.2, -0.15) is 0 Å². The number of hydrogen-bond donors (Lipinski definition) is 1. The van der Waals surface area contributed by atoms with E-state index in [9.17, 15) is 14.4 Å². The summed E-state index contributed by atoms with van der Waals surface area (Å²) >= 11 is 12.2. The summed E-state index contributed by atoms with van der Waals surface area (Å²) in [5.74, 6) is -0.0668. The topological polar surface area (TPSA) is 78.9 Å². The Morgan fingerprint density at radius 3 is 2.19 bits per heavy atom. The molecule has 2 rings (SSSR count). The molecular weight excluding hydrogens is 453 g/mol. The van der Waals surface area contributed by atoms with E-state index in [0.717, 1.165) is 38.2 Å². The van der Waals surface area contributed by atoms with E-state index < -0.39 is 17.1 Å². The second kappa shape index (κ2) is 11.3. The van der Waals surface area contributed by atoms with Gasteiger partial charge in [-0.1, -0.05) is 30.1 Å². The van der Waals surface area contributed by atoms with E-state index in [2.05, 4.69) is 15.1 Å². The van der Waals surface area contributed by atoms with Crippen LogP contribution in [0.15, 0.2) is 18.2 Å². The molecule has 178 valence electrons. The fraction of sp³-hybridized carbons (Fsp3) is 0.609. The highest BCUT2D eigenvalue weighted by Crippen LogP contribution is 2.27. The Balaban J connectivity index is 1.80. The summed E-state index contributed by atoms with van der Waals surface area (Å²) in [6.45, 7) is 10.9. The molecule has 9 heteroatoms. The average molecular weight is 486 g/mol. The molecule has 0 aromatic heterocycles. The molecule has 1 aliphatic heterocycles. The standard InChI is InChI=1S/C23H33Cl2N3O4/c1-22(2,3)32-21(31)26-6-5-20(30)14-23(4,16-29)15-27-7-9-28(10-8-27)19-12-17(24)11-18(25)13-19/h11-13,16H,5-10,14-15H2,1-4H3,(H,26,31). The molecule has 1 aliphatic rings. The number of carbonyl (C=O) groups excluding carboxylic acids is 3. The van der Waals surface area contributed by atoms with Crippen LogP contribution >= 0.6 is 23.2 Å². The second-order valence-corrected chi connectivity index (χ2v) is 10.4. The third kappa shape index (κ3) is 8.96. The zero-order valence-corrected chi connectivity index (χ0v) is 20.8. The maximum Gasteiger partial charge on any atom is 0.407 e. The zero-order valence-electron chi connectivity index (χ0n) is 19.2. The number of benzene rings is 1. The van der Waals surface area contributed by atoms with E-state index in [-0.39, 0.29) is 25.2 Å². The van der Waals surface area contributed by atoms with E-state index >= 15 is 0 Å². The normalized spacial score (nSPS) is 16.9. The molecule has 1 aromatic carbocycles. The Bertz CT molecular complexity index is 800. The summed E-state index contributed by atoms with van der Waals surface area (Å²) in [6.07, 6.45) is 0.611. The molecule has 1 amide bonds. The molecule has 0 aliphatic carbocycles. The van der Waals surface area contributed by atoms with Crippen LogP contribution in [0.4, 0.5) is 10.5 Å². The number of anilines is 1. The molecule has 7 nitrogen and oxygen atoms in total. The highest BCUT2D eigenvalue weighted by Gasteiger charge is 2.31. The van der Waals surface area contributed by atoms with Crippen LogP contribution in [0.25, 0.3) is 0 Å². The van der Waals surface area contributed by atoms with Crippen molar-refractivity contribution in [2.45, 2.75) is 46.1 Å². The molecule has 0 radical (unpaired) electrons. The van der Waals surface area contributed by atoms with Gasteiger partial charge in [0.2, 0.25) is 0 Å². The fourth-order valence-electron chi connectivity index (χ4n) is 3.69. The van der Waals surface area contributed by atoms with Crippen molar-refractivity contribution in [1.29, 1.82) is 0 Å². The molecule has 0 bridgehead atoms. The van der Waals surface area contributed by atoms with Crippen LogP contribution in [0, 0.1) is 5.41 Å². The number of ketones is 1. The van der Waals surface area contributed by atoms with E-state index in [1.54, 1.807) is 26.8 Å². The van der Waals surface area contributed by atoms with E-state index in [1.165, 1.54) is 0 Å². The lowest BCUT2D eigenvalue weighted by atomic mass is 9.85. The maximum atomic E-state index is 12.4. The van der Waals surface area contributed by atoms with Crippen molar-refractivity contribution in [2.24, 2.45) is 5.41 Å². The molecule has 1 saturated heterocycles. The smallest absolute Gasteiger partial charge is 0.407 e. The molecule has 1 fully saturated rings. The lowest BCUT2D eigenvalue weighted by molar-refractivity contribution is -0.126. The monoisotopic (exact) mass is 485 g/mol. The largest absolute Gasteiger partial charge is 0.444 e. The number of hydrogen-bond acceptors (Lipinski definition) is 6. The summed E-state index contributed by atoms with van der Waals surface area (Å²) in [4.78, 5) is 40.3. The van der Waals surface area contributed by atoms with Gasteiger partial charge in [0.05, 0.1) is 0 Å². The van der Waals surface area contributed by atoms with Gasteiger partial charge < -0.3 is 19.7 Å². The number of ether oxygens (including phenoxy) is 1. The van der Waals surface area contributed by atoms with Gasteiger partial charge >= 0.3 is 6.09 Å². The lowest BCUT2D eigenvalue weighted by Gasteiger charge is -2.39. The number of halogens is 2. The van der Waals surface area contributed by atoms with Gasteiger partial charge in [0.25, 0.3) is 0 Å². The van der Waals surface area contributed by atoms with Crippen molar-refractivity contribution in [3.63, 3.8) is 0 Å². The van der Waals surface area contributed by atoms with Crippen molar-refractivity contribution >= 4 is 47.1 Å². The van der Waals surface area contributed by atoms with Crippen LogP contribution in [0.5, 0.6) is 0 Å². The third-order valence-electron chi connectivity index (χ3n) is 5.13. The second-order valence-electron chi connectivity index (χ2n) is 9.56. The number of nitrogens with zero attached hydrogens (tertiary/aromatic N) is 2. The molecule has 0 spiro atoms. The Morgan fingerprint density at radius 2 is 1.66 bits per heavy atom. The van der Waals surface area contributed by atoms with Gasteiger partial charge in [0, 0.05) is 73.3 Å². The Hall–Kier alpha value is -1.83. The van der Waals surface area contributed by atoms with Crippen LogP contribution < -0.4 is 10.2 Å². The minimum absolute atomic E-state index is 0.0668. The van der Waals surface area contributed by atoms with Gasteiger partial charge in [-0.25, -0.2) is 4.79 Å². The SMILES string of the molecule is CC(C=O)(CC(=O)CCNC(=O)OC(C)(C)C)CN1CCN(c2cc(Cl)cc(Cl)c2)CC1. The van der Waals surface area contributed by atoms with Crippen molar-refractivity contribution < 1.29 is 19.1 Å². The lowest BCUT2D eigenvalue weighted by Crippen LogP contribution is -2.50. The summed E-state index contributed by atoms with van der Waals surface area (Å²) in [7, 11) is 0. The predicted octanol–water partition coefficient (Wildman–Crippen LogP) is 4.19. The molecule has 0 saturated carbocycles. The number of carbonyl (C=O) groups is 3. The number of nitrogens with one attached hydrogen (secondary N) is 1. The molecule has 1 atom stereocenters. The first-order chi connectivity index (χ1) is 14.9. The van der Waals surface area contributed by atoms with Crippen LogP contribution in [0.2, 0.25) is 10.0 Å². The summed E-state index contributed by atoms with van der Waals surface area (Å²) < 4.78 is 5.15. The maximum absolute atomic E-state index is 12.4. The number of amides is 1. The number of aldehydes is 1. The van der Waals surface area contributed by atoms with Gasteiger partial charge in [0.1, 0.15) is 17.7 Å². The fourth-order valence-corrected chi connectivity index (χ4v) is 4.20. The summed E-state index contributed by atoms with van der Waals surface area (Å²) in [5.41, 5.74) is -0.384. The molecule has 1 N–H and O–H groups in total. The van der Waals surface area contributed by atoms with Crippen molar-refractivity contribution in [3.8, 4) is 0 Å². The Labute approximate surface area is 200 Å². The first-order valence-corrected chi connectivity index (χ1v) is 11.5. The van der Waals surface area contributed by atoms with Crippen LogP contribution in [-0.4, -0.2) is 67.9 Å². The van der Waals surface area contributed by atoms with E-state index in [0.29, 0.717) is 16.6 Å². The van der Waals surface area contributed by atoms with Crippen LogP contribution in [-0.2, 0) is 14.3 Å². The van der Waals surface area contributed by atoms with Gasteiger partial charge in [0.15, 0.2) is 0 Å². The molecular formula is C23H33Cl2N3O4. The Morgan fingerprint density at radius 1 is 1.06 bits per heavy atom. The van der Waals surface area contributed by atoms with E-state index in [4.69, 9.17) is 27.9 Å². The first-order valence-electron chi connectivity index (χ1n) is 10.8. The molecule has 1 unspecified atom stereocenters. The van der Waals surface area contributed by atoms with Crippen LogP contribution in [0.1, 0.15) is 40.5 Å². The predicted molar refractivity (Wildman–Crippen MR) is 128 cm³/mol. The third-order valence-corrected chi connectivity index (χ3v) is 5.56. The van der Waals surface area contributed by atoms with Gasteiger partial charge in [-0.3, -0.25) is 9.69 Å². The highest BCUT2D eigenvalue weighted by molar-refractivity contribution is 6.35. The number of rotatable bonds is 9. The summed E-state index contributed by atoms with van der Waals surface area (Å²) in [6, 6.07) is 5.49. The van der Waals surface area contributed by atoms with E-state index in [1.807, 2.05) is 19.1 Å². The Kier molecular flexibility index (Phi) is 9.37. The summed E-state index contributed by atoms with van der Waals surface area (Å²) in [5, 5.41) is 3.78. The minimum atomic E-state index is -0.773. The number of alkyl carbamates (subject to hydrolysis) is 1. The highest BCUT2D eigenvalue weighted by atomic mass is 35.5. The van der Waals surface area contributed by atoms with Crippen LogP contribution in [0.3, 0.4) is 0 Å². The van der Waals surface area contributed by atoms with Crippen molar-refractivity contribution in [2.75, 3.05) is 44.2 Å². The van der Waals surface area contributed by atoms with Crippen molar-refractivity contribution in [3.05, 3.63) is 28.2 Å². The van der Waals surface area contributed by atoms with Crippen molar-refractivity contribution in [1.82, 2.24) is 10.2 Å². The molecule has 32 heavy (non-hydrogen) atoms. The number of Topliss-reactive ketones (excluding diaryl/α,β-unsaturated/α-hetero) is 1. The number of piperazine rings is 1. The molecule has 1 aromatic rings. The first kappa shape index (κ1) is 26.4. The minimum Gasteiger partial charge on any atom is -0.444 e. The quantitative estimate of drug-likeness (QED) is 0.528. The zero-order chi connectivity index (χ0) is 23.9. The molecule has 1 heterocycles. The van der Waals surface area contributed by atoms with Gasteiger partial charge in [-0.05, 0) is 39.0 Å². The average Bonchev–Trinajstić information content (AvgIpc) is 2.66.